The van der Waals surface area contributed by atoms with Gasteiger partial charge in [-0.3, -0.25) is 9.59 Å². The maximum atomic E-state index is 14.1. The van der Waals surface area contributed by atoms with Crippen LogP contribution in [0.15, 0.2) is 66.7 Å². The van der Waals surface area contributed by atoms with Crippen molar-refractivity contribution in [2.45, 2.75) is 78.1 Å². The quantitative estimate of drug-likeness (QED) is 0.272. The molecule has 0 aliphatic heterocycles. The molecule has 2 unspecified atom stereocenters. The Labute approximate surface area is 243 Å². The monoisotopic (exact) mass is 563 g/mol. The van der Waals surface area contributed by atoms with Gasteiger partial charge < -0.3 is 20.3 Å². The summed E-state index contributed by atoms with van der Waals surface area (Å²) in [5, 5.41) is 7.73. The minimum atomic E-state index is -1.01. The number of anilines is 1. The molecule has 0 saturated carbocycles. The van der Waals surface area contributed by atoms with E-state index in [9.17, 15) is 14.4 Å². The second-order valence-electron chi connectivity index (χ2n) is 11.8. The van der Waals surface area contributed by atoms with Gasteiger partial charge in [-0.25, -0.2) is 4.79 Å². The number of carbonyl (C=O) groups is 3. The number of ether oxygens (including phenoxy) is 1. The van der Waals surface area contributed by atoms with Gasteiger partial charge in [0.05, 0.1) is 0 Å². The van der Waals surface area contributed by atoms with Crippen LogP contribution in [-0.4, -0.2) is 45.7 Å². The normalized spacial score (nSPS) is 13.3. The van der Waals surface area contributed by atoms with Gasteiger partial charge in [0.2, 0.25) is 5.91 Å². The van der Waals surface area contributed by atoms with Crippen LogP contribution in [0, 0.1) is 0 Å². The van der Waals surface area contributed by atoms with Crippen molar-refractivity contribution in [1.29, 1.82) is 0 Å². The molecule has 0 bridgehead atoms. The largest absolute Gasteiger partial charge is 0.444 e. The molecule has 3 rings (SSSR count). The number of nitrogens with one attached hydrogen (secondary N) is 2. The standard InChI is InChI=1S/C32H41N3O4S/c1-8-21-13-15-23(16-14-21)27(28(36)33-25-18-17-22-11-9-10-12-24(22)19-25)35(31(2,3)4)29(37)26(20-40)34-30(38)39-32(5,6)7/h9-19,26-27,40H,8,20H2,1-7H3,(H,33,36)(H,34,38). The van der Waals surface area contributed by atoms with Gasteiger partial charge in [0.1, 0.15) is 17.7 Å². The van der Waals surface area contributed by atoms with Crippen LogP contribution in [0.5, 0.6) is 0 Å². The highest BCUT2D eigenvalue weighted by Gasteiger charge is 2.41. The van der Waals surface area contributed by atoms with Crippen LogP contribution in [0.4, 0.5) is 10.5 Å². The van der Waals surface area contributed by atoms with Crippen molar-refractivity contribution in [3.8, 4) is 0 Å². The molecule has 2 atom stereocenters. The maximum absolute atomic E-state index is 14.1. The molecule has 0 spiro atoms. The first-order valence-corrected chi connectivity index (χ1v) is 14.2. The Morgan fingerprint density at radius 3 is 2.08 bits per heavy atom. The Morgan fingerprint density at radius 2 is 1.52 bits per heavy atom. The van der Waals surface area contributed by atoms with Crippen LogP contribution >= 0.6 is 12.6 Å². The number of nitrogens with zero attached hydrogens (tertiary/aromatic N) is 1. The van der Waals surface area contributed by atoms with Crippen molar-refractivity contribution >= 4 is 47.0 Å². The maximum Gasteiger partial charge on any atom is 0.408 e. The predicted molar refractivity (Wildman–Crippen MR) is 165 cm³/mol. The van der Waals surface area contributed by atoms with E-state index in [0.717, 1.165) is 22.8 Å². The van der Waals surface area contributed by atoms with Crippen molar-refractivity contribution in [2.75, 3.05) is 11.1 Å². The van der Waals surface area contributed by atoms with E-state index in [1.54, 1.807) is 20.8 Å². The molecule has 8 heteroatoms. The van der Waals surface area contributed by atoms with E-state index >= 15 is 0 Å². The molecule has 0 aliphatic rings. The molecular weight excluding hydrogens is 522 g/mol. The molecule has 3 aromatic carbocycles. The molecule has 2 N–H and O–H groups in total. The average Bonchev–Trinajstić information content (AvgIpc) is 2.88. The molecule has 0 heterocycles. The number of alkyl carbamates (subject to hydrolysis) is 1. The van der Waals surface area contributed by atoms with Gasteiger partial charge in [-0.2, -0.15) is 12.6 Å². The molecule has 40 heavy (non-hydrogen) atoms. The minimum Gasteiger partial charge on any atom is -0.444 e. The number of thiol groups is 1. The summed E-state index contributed by atoms with van der Waals surface area (Å²) in [5.74, 6) is -0.775. The van der Waals surface area contributed by atoms with E-state index in [4.69, 9.17) is 4.74 Å². The topological polar surface area (TPSA) is 87.7 Å². The number of carbonyl (C=O) groups excluding carboxylic acids is 3. The Bertz CT molecular complexity index is 1340. The first-order chi connectivity index (χ1) is 18.7. The summed E-state index contributed by atoms with van der Waals surface area (Å²) in [5.41, 5.74) is 0.877. The third-order valence-electron chi connectivity index (χ3n) is 6.36. The molecule has 0 fully saturated rings. The van der Waals surface area contributed by atoms with E-state index in [1.807, 2.05) is 87.5 Å². The number of benzene rings is 3. The lowest BCUT2D eigenvalue weighted by Gasteiger charge is -2.43. The Morgan fingerprint density at radius 1 is 0.900 bits per heavy atom. The van der Waals surface area contributed by atoms with E-state index in [0.29, 0.717) is 11.3 Å². The molecule has 0 aromatic heterocycles. The highest BCUT2D eigenvalue weighted by Crippen LogP contribution is 2.32. The SMILES string of the molecule is CCc1ccc(C(C(=O)Nc2ccc3ccccc3c2)N(C(=O)C(CS)NC(=O)OC(C)(C)C)C(C)(C)C)cc1. The van der Waals surface area contributed by atoms with Gasteiger partial charge in [0, 0.05) is 17.0 Å². The summed E-state index contributed by atoms with van der Waals surface area (Å²) >= 11 is 4.36. The zero-order valence-corrected chi connectivity index (χ0v) is 25.3. The fourth-order valence-corrected chi connectivity index (χ4v) is 4.73. The second kappa shape index (κ2) is 12.8. The number of aryl methyl sites for hydroxylation is 1. The van der Waals surface area contributed by atoms with Gasteiger partial charge in [0.15, 0.2) is 0 Å². The average molecular weight is 564 g/mol. The zero-order valence-electron chi connectivity index (χ0n) is 24.4. The summed E-state index contributed by atoms with van der Waals surface area (Å²) in [7, 11) is 0. The Balaban J connectivity index is 2.03. The summed E-state index contributed by atoms with van der Waals surface area (Å²) in [6.07, 6.45) is 0.121. The molecule has 0 saturated heterocycles. The summed E-state index contributed by atoms with van der Waals surface area (Å²) < 4.78 is 5.38. The van der Waals surface area contributed by atoms with Crippen LogP contribution < -0.4 is 10.6 Å². The highest BCUT2D eigenvalue weighted by molar-refractivity contribution is 7.80. The Kier molecular flexibility index (Phi) is 9.90. The van der Waals surface area contributed by atoms with Crippen molar-refractivity contribution in [3.05, 3.63) is 77.9 Å². The number of fused-ring (bicyclic) bond motifs is 1. The summed E-state index contributed by atoms with van der Waals surface area (Å²) in [6, 6.07) is 19.3. The van der Waals surface area contributed by atoms with Gasteiger partial charge in [-0.05, 0) is 82.0 Å². The summed E-state index contributed by atoms with van der Waals surface area (Å²) in [6.45, 7) is 12.9. The number of hydrogen-bond acceptors (Lipinski definition) is 5. The zero-order chi connectivity index (χ0) is 29.7. The first kappa shape index (κ1) is 31.0. The number of rotatable bonds is 8. The molecule has 3 aromatic rings. The molecular formula is C32H41N3O4S. The lowest BCUT2D eigenvalue weighted by Crippen LogP contribution is -2.58. The van der Waals surface area contributed by atoms with E-state index in [2.05, 4.69) is 30.2 Å². The smallest absolute Gasteiger partial charge is 0.408 e. The molecule has 214 valence electrons. The molecule has 0 aliphatic carbocycles. The van der Waals surface area contributed by atoms with Gasteiger partial charge >= 0.3 is 6.09 Å². The van der Waals surface area contributed by atoms with Gasteiger partial charge in [-0.1, -0.05) is 61.5 Å². The van der Waals surface area contributed by atoms with Gasteiger partial charge in [-0.15, -0.1) is 0 Å². The third-order valence-corrected chi connectivity index (χ3v) is 6.72. The second-order valence-corrected chi connectivity index (χ2v) is 12.2. The van der Waals surface area contributed by atoms with E-state index < -0.39 is 35.2 Å². The van der Waals surface area contributed by atoms with E-state index in [1.165, 1.54) is 4.90 Å². The molecule has 7 nitrogen and oxygen atoms in total. The number of hydrogen-bond donors (Lipinski definition) is 3. The predicted octanol–water partition coefficient (Wildman–Crippen LogP) is 6.53. The van der Waals surface area contributed by atoms with Crippen LogP contribution in [0.1, 0.15) is 65.6 Å². The Hall–Kier alpha value is -3.52. The lowest BCUT2D eigenvalue weighted by molar-refractivity contribution is -0.146. The first-order valence-electron chi connectivity index (χ1n) is 13.6. The number of amides is 3. The highest BCUT2D eigenvalue weighted by atomic mass is 32.1. The minimum absolute atomic E-state index is 0.0262. The fourth-order valence-electron chi connectivity index (χ4n) is 4.48. The fraction of sp³-hybridized carbons (Fsp3) is 0.406. The van der Waals surface area contributed by atoms with Crippen LogP contribution in [0.3, 0.4) is 0 Å². The van der Waals surface area contributed by atoms with Gasteiger partial charge in [0.25, 0.3) is 5.91 Å². The van der Waals surface area contributed by atoms with Crippen LogP contribution in [0.25, 0.3) is 10.8 Å². The lowest BCUT2D eigenvalue weighted by atomic mass is 9.94. The molecule has 0 radical (unpaired) electrons. The van der Waals surface area contributed by atoms with Crippen LogP contribution in [0.2, 0.25) is 0 Å². The van der Waals surface area contributed by atoms with Crippen LogP contribution in [-0.2, 0) is 20.7 Å². The molecule has 3 amide bonds. The van der Waals surface area contributed by atoms with Crippen molar-refractivity contribution in [1.82, 2.24) is 10.2 Å². The summed E-state index contributed by atoms with van der Waals surface area (Å²) in [4.78, 5) is 42.3. The third kappa shape index (κ3) is 8.01. The van der Waals surface area contributed by atoms with Crippen molar-refractivity contribution in [3.63, 3.8) is 0 Å². The van der Waals surface area contributed by atoms with E-state index in [-0.39, 0.29) is 11.7 Å². The van der Waals surface area contributed by atoms with Crippen molar-refractivity contribution in [2.24, 2.45) is 0 Å². The van der Waals surface area contributed by atoms with Crippen molar-refractivity contribution < 1.29 is 19.1 Å².